The number of rotatable bonds is 3. The van der Waals surface area contributed by atoms with Gasteiger partial charge >= 0.3 is 5.97 Å². The third kappa shape index (κ3) is 1.76. The lowest BCUT2D eigenvalue weighted by Gasteiger charge is -2.34. The molecule has 1 saturated heterocycles. The normalized spacial score (nSPS) is 31.7. The Morgan fingerprint density at radius 2 is 2.07 bits per heavy atom. The minimum atomic E-state index is -0.733. The molecule has 4 nitrogen and oxygen atoms in total. The van der Waals surface area contributed by atoms with Gasteiger partial charge in [-0.3, -0.25) is 4.79 Å². The van der Waals surface area contributed by atoms with E-state index in [9.17, 15) is 9.90 Å². The zero-order valence-electron chi connectivity index (χ0n) is 8.95. The molecule has 2 aliphatic rings. The second-order valence-corrected chi connectivity index (χ2v) is 4.75. The Morgan fingerprint density at radius 1 is 1.40 bits per heavy atom. The Kier molecular flexibility index (Phi) is 2.98. The average molecular weight is 213 g/mol. The molecule has 0 amide bonds. The summed E-state index contributed by atoms with van der Waals surface area (Å²) in [5, 5.41) is 9.36. The highest BCUT2D eigenvalue weighted by atomic mass is 16.5. The van der Waals surface area contributed by atoms with Crippen LogP contribution in [0.1, 0.15) is 38.5 Å². The molecule has 1 saturated carbocycles. The second kappa shape index (κ2) is 4.10. The van der Waals surface area contributed by atoms with Gasteiger partial charge < -0.3 is 15.6 Å². The number of carboxylic acid groups (broad SMARTS) is 1. The number of ether oxygens (including phenoxy) is 1. The fourth-order valence-corrected chi connectivity index (χ4v) is 2.94. The standard InChI is InChI=1S/C11H19NO3/c12-9(8-4-3-7-15-8)11(10(13)14)5-1-2-6-11/h8-9H,1-7,12H2,(H,13,14). The summed E-state index contributed by atoms with van der Waals surface area (Å²) in [7, 11) is 0. The van der Waals surface area contributed by atoms with E-state index in [4.69, 9.17) is 10.5 Å². The smallest absolute Gasteiger partial charge is 0.311 e. The molecule has 2 fully saturated rings. The lowest BCUT2D eigenvalue weighted by Crippen LogP contribution is -2.52. The summed E-state index contributed by atoms with van der Waals surface area (Å²) < 4.78 is 5.51. The van der Waals surface area contributed by atoms with Crippen molar-refractivity contribution in [3.63, 3.8) is 0 Å². The van der Waals surface area contributed by atoms with E-state index in [1.165, 1.54) is 0 Å². The second-order valence-electron chi connectivity index (χ2n) is 4.75. The van der Waals surface area contributed by atoms with Crippen LogP contribution < -0.4 is 5.73 Å². The summed E-state index contributed by atoms with van der Waals surface area (Å²) in [4.78, 5) is 11.4. The molecule has 0 aromatic heterocycles. The van der Waals surface area contributed by atoms with Crippen molar-refractivity contribution in [2.45, 2.75) is 50.7 Å². The number of hydrogen-bond acceptors (Lipinski definition) is 3. The molecule has 3 N–H and O–H groups in total. The summed E-state index contributed by atoms with van der Waals surface area (Å²) >= 11 is 0. The van der Waals surface area contributed by atoms with Gasteiger partial charge in [0.2, 0.25) is 0 Å². The van der Waals surface area contributed by atoms with Crippen LogP contribution >= 0.6 is 0 Å². The molecule has 4 heteroatoms. The van der Waals surface area contributed by atoms with Crippen LogP contribution in [0.2, 0.25) is 0 Å². The highest BCUT2D eigenvalue weighted by Crippen LogP contribution is 2.43. The van der Waals surface area contributed by atoms with E-state index in [0.29, 0.717) is 12.8 Å². The van der Waals surface area contributed by atoms with Gasteiger partial charge in [-0.05, 0) is 25.7 Å². The van der Waals surface area contributed by atoms with Gasteiger partial charge in [0.1, 0.15) is 0 Å². The van der Waals surface area contributed by atoms with Crippen molar-refractivity contribution in [1.82, 2.24) is 0 Å². The molecule has 2 atom stereocenters. The van der Waals surface area contributed by atoms with Gasteiger partial charge in [-0.1, -0.05) is 12.8 Å². The maximum Gasteiger partial charge on any atom is 0.311 e. The first-order valence-electron chi connectivity index (χ1n) is 5.77. The van der Waals surface area contributed by atoms with Crippen molar-refractivity contribution in [1.29, 1.82) is 0 Å². The SMILES string of the molecule is NC(C1CCCO1)C1(C(=O)O)CCCC1. The first-order chi connectivity index (χ1) is 7.17. The molecule has 86 valence electrons. The van der Waals surface area contributed by atoms with E-state index < -0.39 is 11.4 Å². The summed E-state index contributed by atoms with van der Waals surface area (Å²) in [5.74, 6) is -0.733. The van der Waals surface area contributed by atoms with Gasteiger partial charge in [0.25, 0.3) is 0 Å². The Labute approximate surface area is 89.8 Å². The summed E-state index contributed by atoms with van der Waals surface area (Å²) in [6.45, 7) is 0.730. The average Bonchev–Trinajstić information content (AvgIpc) is 2.89. The summed E-state index contributed by atoms with van der Waals surface area (Å²) in [6.07, 6.45) is 5.26. The number of hydrogen-bond donors (Lipinski definition) is 2. The largest absolute Gasteiger partial charge is 0.481 e. The maximum absolute atomic E-state index is 11.4. The van der Waals surface area contributed by atoms with Crippen molar-refractivity contribution in [2.75, 3.05) is 6.61 Å². The first kappa shape index (κ1) is 10.9. The van der Waals surface area contributed by atoms with Crippen molar-refractivity contribution in [3.8, 4) is 0 Å². The summed E-state index contributed by atoms with van der Waals surface area (Å²) in [6, 6.07) is -0.333. The predicted molar refractivity (Wildman–Crippen MR) is 55.5 cm³/mol. The molecule has 1 aliphatic heterocycles. The van der Waals surface area contributed by atoms with E-state index >= 15 is 0 Å². The van der Waals surface area contributed by atoms with Crippen LogP contribution in [-0.2, 0) is 9.53 Å². The Bertz CT molecular complexity index is 242. The Balaban J connectivity index is 2.13. The monoisotopic (exact) mass is 213 g/mol. The van der Waals surface area contributed by atoms with Crippen LogP contribution in [0.15, 0.2) is 0 Å². The molecule has 1 heterocycles. The molecule has 15 heavy (non-hydrogen) atoms. The molecule has 1 aliphatic carbocycles. The van der Waals surface area contributed by atoms with Gasteiger partial charge in [-0.15, -0.1) is 0 Å². The van der Waals surface area contributed by atoms with E-state index in [1.807, 2.05) is 0 Å². The molecule has 0 aromatic carbocycles. The third-order valence-corrected chi connectivity index (χ3v) is 3.93. The number of aliphatic carboxylic acids is 1. The van der Waals surface area contributed by atoms with Crippen LogP contribution in [0.5, 0.6) is 0 Å². The molecular formula is C11H19NO3. The molecule has 0 spiro atoms. The maximum atomic E-state index is 11.4. The molecule has 0 bridgehead atoms. The van der Waals surface area contributed by atoms with Gasteiger partial charge in [-0.25, -0.2) is 0 Å². The quantitative estimate of drug-likeness (QED) is 0.737. The van der Waals surface area contributed by atoms with Gasteiger partial charge in [0.05, 0.1) is 11.5 Å². The minimum Gasteiger partial charge on any atom is -0.481 e. The number of carboxylic acids is 1. The van der Waals surface area contributed by atoms with Gasteiger partial charge in [-0.2, -0.15) is 0 Å². The van der Waals surface area contributed by atoms with E-state index in [1.54, 1.807) is 0 Å². The van der Waals surface area contributed by atoms with Crippen LogP contribution in [0.25, 0.3) is 0 Å². The first-order valence-corrected chi connectivity index (χ1v) is 5.77. The van der Waals surface area contributed by atoms with Crippen LogP contribution in [0, 0.1) is 5.41 Å². The third-order valence-electron chi connectivity index (χ3n) is 3.93. The lowest BCUT2D eigenvalue weighted by atomic mass is 9.76. The fourth-order valence-electron chi connectivity index (χ4n) is 2.94. The Morgan fingerprint density at radius 3 is 2.53 bits per heavy atom. The topological polar surface area (TPSA) is 72.5 Å². The number of carbonyl (C=O) groups is 1. The molecule has 2 unspecified atom stereocenters. The van der Waals surface area contributed by atoms with Crippen LogP contribution in [0.4, 0.5) is 0 Å². The van der Waals surface area contributed by atoms with Gasteiger partial charge in [0, 0.05) is 12.6 Å². The predicted octanol–water partition coefficient (Wildman–Crippen LogP) is 1.14. The van der Waals surface area contributed by atoms with Crippen molar-refractivity contribution < 1.29 is 14.6 Å². The highest BCUT2D eigenvalue weighted by Gasteiger charge is 2.49. The molecule has 0 radical (unpaired) electrons. The Hall–Kier alpha value is -0.610. The fraction of sp³-hybridized carbons (Fsp3) is 0.909. The van der Waals surface area contributed by atoms with E-state index in [0.717, 1.165) is 32.3 Å². The highest BCUT2D eigenvalue weighted by molar-refractivity contribution is 5.76. The zero-order chi connectivity index (χ0) is 10.9. The van der Waals surface area contributed by atoms with Crippen molar-refractivity contribution >= 4 is 5.97 Å². The van der Waals surface area contributed by atoms with Crippen LogP contribution in [-0.4, -0.2) is 29.8 Å². The molecule has 0 aromatic rings. The summed E-state index contributed by atoms with van der Waals surface area (Å²) in [5.41, 5.74) is 5.40. The van der Waals surface area contributed by atoms with Crippen LogP contribution in [0.3, 0.4) is 0 Å². The van der Waals surface area contributed by atoms with Crippen molar-refractivity contribution in [2.24, 2.45) is 11.1 Å². The van der Waals surface area contributed by atoms with E-state index in [-0.39, 0.29) is 12.1 Å². The minimum absolute atomic E-state index is 0.0424. The number of nitrogens with two attached hydrogens (primary N) is 1. The van der Waals surface area contributed by atoms with Crippen molar-refractivity contribution in [3.05, 3.63) is 0 Å². The lowest BCUT2D eigenvalue weighted by molar-refractivity contribution is -0.152. The molecular weight excluding hydrogens is 194 g/mol. The van der Waals surface area contributed by atoms with E-state index in [2.05, 4.69) is 0 Å². The molecule has 2 rings (SSSR count). The van der Waals surface area contributed by atoms with Gasteiger partial charge in [0.15, 0.2) is 0 Å². The zero-order valence-corrected chi connectivity index (χ0v) is 8.95.